The van der Waals surface area contributed by atoms with Crippen LogP contribution < -0.4 is 10.1 Å². The molecule has 0 aliphatic heterocycles. The van der Waals surface area contributed by atoms with Crippen LogP contribution in [-0.2, 0) is 6.54 Å². The van der Waals surface area contributed by atoms with Gasteiger partial charge in [0.05, 0.1) is 7.11 Å². The molecule has 1 rings (SSSR count). The minimum atomic E-state index is 0.514. The lowest BCUT2D eigenvalue weighted by Crippen LogP contribution is -2.40. The van der Waals surface area contributed by atoms with Crippen molar-refractivity contribution in [2.45, 2.75) is 52.2 Å². The Morgan fingerprint density at radius 1 is 1.30 bits per heavy atom. The van der Waals surface area contributed by atoms with Crippen molar-refractivity contribution in [3.8, 4) is 5.75 Å². The van der Waals surface area contributed by atoms with E-state index in [4.69, 9.17) is 4.74 Å². The van der Waals surface area contributed by atoms with E-state index in [0.717, 1.165) is 18.8 Å². The second-order valence-corrected chi connectivity index (χ2v) is 5.71. The number of ether oxygens (including phenoxy) is 1. The monoisotopic (exact) mass is 278 g/mol. The Morgan fingerprint density at radius 3 is 2.70 bits per heavy atom. The van der Waals surface area contributed by atoms with Crippen molar-refractivity contribution in [2.75, 3.05) is 20.7 Å². The van der Waals surface area contributed by atoms with Gasteiger partial charge in [-0.3, -0.25) is 4.90 Å². The topological polar surface area (TPSA) is 24.5 Å². The molecule has 114 valence electrons. The molecule has 0 fully saturated rings. The van der Waals surface area contributed by atoms with Crippen LogP contribution in [0.15, 0.2) is 24.3 Å². The third-order valence-corrected chi connectivity index (χ3v) is 3.80. The molecule has 1 N–H and O–H groups in total. The second kappa shape index (κ2) is 8.98. The molecule has 3 heteroatoms. The summed E-state index contributed by atoms with van der Waals surface area (Å²) in [7, 11) is 3.89. The molecule has 0 saturated heterocycles. The van der Waals surface area contributed by atoms with Crippen molar-refractivity contribution in [3.63, 3.8) is 0 Å². The fourth-order valence-electron chi connectivity index (χ4n) is 2.28. The Hall–Kier alpha value is -1.06. The quantitative estimate of drug-likeness (QED) is 0.750. The van der Waals surface area contributed by atoms with Gasteiger partial charge in [-0.1, -0.05) is 25.5 Å². The Balaban J connectivity index is 2.42. The zero-order chi connectivity index (χ0) is 15.0. The molecule has 2 atom stereocenters. The Labute approximate surface area is 124 Å². The molecule has 1 aromatic carbocycles. The number of methoxy groups -OCH3 is 1. The summed E-state index contributed by atoms with van der Waals surface area (Å²) in [6.07, 6.45) is 2.48. The van der Waals surface area contributed by atoms with Gasteiger partial charge in [0.25, 0.3) is 0 Å². The molecule has 0 spiro atoms. The normalized spacial score (nSPS) is 14.3. The largest absolute Gasteiger partial charge is 0.497 e. The van der Waals surface area contributed by atoms with Crippen molar-refractivity contribution >= 4 is 0 Å². The molecule has 3 nitrogen and oxygen atoms in total. The van der Waals surface area contributed by atoms with E-state index in [-0.39, 0.29) is 0 Å². The molecule has 1 aromatic rings. The van der Waals surface area contributed by atoms with E-state index in [1.54, 1.807) is 7.11 Å². The average molecular weight is 278 g/mol. The predicted octanol–water partition coefficient (Wildman–Crippen LogP) is 3.29. The summed E-state index contributed by atoms with van der Waals surface area (Å²) in [5, 5.41) is 3.61. The number of nitrogens with one attached hydrogen (secondary N) is 1. The molecule has 0 aliphatic carbocycles. The highest BCUT2D eigenvalue weighted by Gasteiger charge is 2.11. The summed E-state index contributed by atoms with van der Waals surface area (Å²) in [4.78, 5) is 2.38. The van der Waals surface area contributed by atoms with Crippen molar-refractivity contribution in [3.05, 3.63) is 29.8 Å². The van der Waals surface area contributed by atoms with Gasteiger partial charge < -0.3 is 10.1 Å². The van der Waals surface area contributed by atoms with E-state index in [1.807, 2.05) is 12.1 Å². The molecule has 0 bridgehead atoms. The number of hydrogen-bond donors (Lipinski definition) is 1. The lowest BCUT2D eigenvalue weighted by Gasteiger charge is -2.26. The average Bonchev–Trinajstić information content (AvgIpc) is 2.45. The van der Waals surface area contributed by atoms with Crippen LogP contribution in [0.25, 0.3) is 0 Å². The van der Waals surface area contributed by atoms with Gasteiger partial charge in [-0.2, -0.15) is 0 Å². The fraction of sp³-hybridized carbons (Fsp3) is 0.647. The third-order valence-electron chi connectivity index (χ3n) is 3.80. The van der Waals surface area contributed by atoms with Gasteiger partial charge in [-0.05, 0) is 45.0 Å². The maximum absolute atomic E-state index is 5.27. The van der Waals surface area contributed by atoms with Crippen molar-refractivity contribution in [1.29, 1.82) is 0 Å². The lowest BCUT2D eigenvalue weighted by molar-refractivity contribution is 0.237. The van der Waals surface area contributed by atoms with Gasteiger partial charge in [0.1, 0.15) is 5.75 Å². The van der Waals surface area contributed by atoms with E-state index in [1.165, 1.54) is 18.4 Å². The maximum atomic E-state index is 5.27. The van der Waals surface area contributed by atoms with Gasteiger partial charge in [-0.25, -0.2) is 0 Å². The Morgan fingerprint density at radius 2 is 2.05 bits per heavy atom. The summed E-state index contributed by atoms with van der Waals surface area (Å²) in [5.74, 6) is 0.929. The van der Waals surface area contributed by atoms with E-state index in [0.29, 0.717) is 12.1 Å². The molecule has 0 amide bonds. The number of benzene rings is 1. The lowest BCUT2D eigenvalue weighted by atomic mass is 10.1. The van der Waals surface area contributed by atoms with Gasteiger partial charge in [0, 0.05) is 25.2 Å². The zero-order valence-corrected chi connectivity index (χ0v) is 13.6. The smallest absolute Gasteiger partial charge is 0.119 e. The van der Waals surface area contributed by atoms with Crippen LogP contribution in [-0.4, -0.2) is 37.7 Å². The van der Waals surface area contributed by atoms with Crippen molar-refractivity contribution in [2.24, 2.45) is 0 Å². The highest BCUT2D eigenvalue weighted by Crippen LogP contribution is 2.14. The first kappa shape index (κ1) is 17.0. The van der Waals surface area contributed by atoms with Crippen molar-refractivity contribution < 1.29 is 4.74 Å². The fourth-order valence-corrected chi connectivity index (χ4v) is 2.28. The molecular formula is C17H30N2O. The first-order valence-electron chi connectivity index (χ1n) is 7.63. The van der Waals surface area contributed by atoms with Crippen LogP contribution in [0.2, 0.25) is 0 Å². The molecule has 0 saturated carbocycles. The molecular weight excluding hydrogens is 248 g/mol. The molecule has 0 aliphatic rings. The summed E-state index contributed by atoms with van der Waals surface area (Å²) in [5.41, 5.74) is 1.29. The Kier molecular flexibility index (Phi) is 7.63. The van der Waals surface area contributed by atoms with Crippen LogP contribution in [0.3, 0.4) is 0 Å². The van der Waals surface area contributed by atoms with Crippen molar-refractivity contribution in [1.82, 2.24) is 10.2 Å². The molecule has 0 heterocycles. The van der Waals surface area contributed by atoms with Gasteiger partial charge in [-0.15, -0.1) is 0 Å². The van der Waals surface area contributed by atoms with Gasteiger partial charge >= 0.3 is 0 Å². The molecule has 0 radical (unpaired) electrons. The number of likely N-dealkylation sites (N-methyl/N-ethyl adjacent to an activating group) is 1. The number of hydrogen-bond acceptors (Lipinski definition) is 3. The third kappa shape index (κ3) is 5.93. The highest BCUT2D eigenvalue weighted by atomic mass is 16.5. The minimum Gasteiger partial charge on any atom is -0.497 e. The van der Waals surface area contributed by atoms with E-state index in [9.17, 15) is 0 Å². The number of nitrogens with zero attached hydrogens (tertiary/aromatic N) is 1. The molecule has 2 unspecified atom stereocenters. The standard InChI is InChI=1S/C17H30N2O/c1-6-8-14(2)18-12-15(3)19(4)13-16-9-7-10-17(11-16)20-5/h7,9-11,14-15,18H,6,8,12-13H2,1-5H3. The zero-order valence-electron chi connectivity index (χ0n) is 13.6. The predicted molar refractivity (Wildman–Crippen MR) is 86.3 cm³/mol. The summed E-state index contributed by atoms with van der Waals surface area (Å²) in [6, 6.07) is 9.41. The minimum absolute atomic E-state index is 0.514. The number of rotatable bonds is 9. The Bertz CT molecular complexity index is 381. The van der Waals surface area contributed by atoms with Crippen LogP contribution in [0, 0.1) is 0 Å². The van der Waals surface area contributed by atoms with E-state index in [2.05, 4.69) is 50.2 Å². The van der Waals surface area contributed by atoms with Gasteiger partial charge in [0.15, 0.2) is 0 Å². The SMILES string of the molecule is CCCC(C)NCC(C)N(C)Cc1cccc(OC)c1. The summed E-state index contributed by atoms with van der Waals surface area (Å²) < 4.78 is 5.27. The molecule has 0 aromatic heterocycles. The summed E-state index contributed by atoms with van der Waals surface area (Å²) >= 11 is 0. The van der Waals surface area contributed by atoms with Crippen LogP contribution in [0.5, 0.6) is 5.75 Å². The summed E-state index contributed by atoms with van der Waals surface area (Å²) in [6.45, 7) is 8.74. The van der Waals surface area contributed by atoms with Crippen LogP contribution >= 0.6 is 0 Å². The van der Waals surface area contributed by atoms with E-state index >= 15 is 0 Å². The maximum Gasteiger partial charge on any atom is 0.119 e. The first-order chi connectivity index (χ1) is 9.56. The second-order valence-electron chi connectivity index (χ2n) is 5.71. The van der Waals surface area contributed by atoms with Crippen LogP contribution in [0.4, 0.5) is 0 Å². The van der Waals surface area contributed by atoms with E-state index < -0.39 is 0 Å². The molecule has 20 heavy (non-hydrogen) atoms. The van der Waals surface area contributed by atoms with Gasteiger partial charge in [0.2, 0.25) is 0 Å². The first-order valence-corrected chi connectivity index (χ1v) is 7.63. The highest BCUT2D eigenvalue weighted by molar-refractivity contribution is 5.28. The van der Waals surface area contributed by atoms with Crippen LogP contribution in [0.1, 0.15) is 39.2 Å².